The summed E-state index contributed by atoms with van der Waals surface area (Å²) < 4.78 is 1.68. The highest BCUT2D eigenvalue weighted by Gasteiger charge is 2.42. The molecule has 0 radical (unpaired) electrons. The van der Waals surface area contributed by atoms with E-state index in [0.29, 0.717) is 19.8 Å². The number of aliphatic hydroxyl groups is 1. The third kappa shape index (κ3) is 3.68. The molecule has 0 spiro atoms. The standard InChI is InChI=1S/C28H30N4O4/c33-16-15-29-13-11-21(17-29)30-18-32(31-14-12-24(34)27(35)26(31)28(30)36)25-22-7-3-1-5-19(22)9-10-20-6-2-4-8-23(20)25/h1-8,12,14,21,25,33,35H,9-11,13,15-18H2/t21-/m1/s1. The lowest BCUT2D eigenvalue weighted by atomic mass is 9.94. The minimum absolute atomic E-state index is 0.00793. The Kier molecular flexibility index (Phi) is 5.78. The van der Waals surface area contributed by atoms with Crippen molar-refractivity contribution in [3.8, 4) is 5.75 Å². The molecule has 1 aromatic heterocycles. The molecule has 8 nitrogen and oxygen atoms in total. The number of nitrogens with zero attached hydrogens (tertiary/aromatic N) is 4. The topological polar surface area (TPSA) is 89.2 Å². The van der Waals surface area contributed by atoms with Crippen molar-refractivity contribution in [2.24, 2.45) is 0 Å². The highest BCUT2D eigenvalue weighted by molar-refractivity contribution is 5.96. The molecule has 1 saturated heterocycles. The number of aryl methyl sites for hydroxylation is 2. The summed E-state index contributed by atoms with van der Waals surface area (Å²) in [5, 5.41) is 22.3. The zero-order chi connectivity index (χ0) is 24.8. The maximum absolute atomic E-state index is 13.7. The van der Waals surface area contributed by atoms with Gasteiger partial charge in [0.25, 0.3) is 5.91 Å². The Morgan fingerprint density at radius 3 is 2.25 bits per heavy atom. The molecule has 0 unspecified atom stereocenters. The molecular formula is C28H30N4O4. The molecular weight excluding hydrogens is 456 g/mol. The van der Waals surface area contributed by atoms with Gasteiger partial charge in [0.2, 0.25) is 5.43 Å². The third-order valence-corrected chi connectivity index (χ3v) is 7.86. The number of aliphatic hydroxyl groups excluding tert-OH is 1. The van der Waals surface area contributed by atoms with Crippen molar-refractivity contribution in [1.29, 1.82) is 0 Å². The molecule has 2 aliphatic heterocycles. The van der Waals surface area contributed by atoms with Gasteiger partial charge in [0.05, 0.1) is 12.6 Å². The first-order valence-electron chi connectivity index (χ1n) is 12.6. The molecule has 186 valence electrons. The summed E-state index contributed by atoms with van der Waals surface area (Å²) in [5.74, 6) is -0.856. The van der Waals surface area contributed by atoms with E-state index in [9.17, 15) is 19.8 Å². The zero-order valence-electron chi connectivity index (χ0n) is 20.1. The van der Waals surface area contributed by atoms with Crippen LogP contribution in [0.25, 0.3) is 0 Å². The van der Waals surface area contributed by atoms with E-state index in [4.69, 9.17) is 0 Å². The van der Waals surface area contributed by atoms with Crippen LogP contribution in [0.5, 0.6) is 5.75 Å². The van der Waals surface area contributed by atoms with Gasteiger partial charge in [-0.15, -0.1) is 0 Å². The number of carbonyl (C=O) groups excluding carboxylic acids is 1. The highest BCUT2D eigenvalue weighted by Crippen LogP contribution is 2.38. The molecule has 3 aromatic rings. The molecule has 36 heavy (non-hydrogen) atoms. The molecule has 3 aliphatic rings. The maximum atomic E-state index is 13.7. The minimum atomic E-state index is -0.564. The number of amides is 1. The second-order valence-electron chi connectivity index (χ2n) is 9.84. The van der Waals surface area contributed by atoms with Crippen LogP contribution in [0.1, 0.15) is 45.2 Å². The predicted molar refractivity (Wildman–Crippen MR) is 136 cm³/mol. The fraction of sp³-hybridized carbons (Fsp3) is 0.357. The summed E-state index contributed by atoms with van der Waals surface area (Å²) >= 11 is 0. The lowest BCUT2D eigenvalue weighted by Gasteiger charge is -2.46. The van der Waals surface area contributed by atoms with Gasteiger partial charge in [-0.05, 0) is 41.5 Å². The van der Waals surface area contributed by atoms with E-state index in [1.807, 2.05) is 12.1 Å². The zero-order valence-corrected chi connectivity index (χ0v) is 20.1. The van der Waals surface area contributed by atoms with Crippen LogP contribution >= 0.6 is 0 Å². The van der Waals surface area contributed by atoms with E-state index < -0.39 is 11.2 Å². The van der Waals surface area contributed by atoms with Crippen LogP contribution in [-0.2, 0) is 12.8 Å². The number of rotatable bonds is 4. The number of pyridine rings is 1. The lowest BCUT2D eigenvalue weighted by molar-refractivity contribution is 0.0592. The van der Waals surface area contributed by atoms with Gasteiger partial charge in [0, 0.05) is 37.9 Å². The third-order valence-electron chi connectivity index (χ3n) is 7.86. The summed E-state index contributed by atoms with van der Waals surface area (Å²) in [4.78, 5) is 30.1. The van der Waals surface area contributed by atoms with Crippen LogP contribution < -0.4 is 10.4 Å². The lowest BCUT2D eigenvalue weighted by Crippen LogP contribution is -2.58. The number of aromatic hydroxyl groups is 1. The van der Waals surface area contributed by atoms with E-state index in [1.165, 1.54) is 17.2 Å². The fourth-order valence-electron chi connectivity index (χ4n) is 6.07. The van der Waals surface area contributed by atoms with Gasteiger partial charge in [0.15, 0.2) is 11.4 Å². The Morgan fingerprint density at radius 2 is 1.58 bits per heavy atom. The molecule has 6 rings (SSSR count). The molecule has 0 saturated carbocycles. The van der Waals surface area contributed by atoms with Gasteiger partial charge >= 0.3 is 0 Å². The normalized spacial score (nSPS) is 20.1. The Morgan fingerprint density at radius 1 is 0.917 bits per heavy atom. The van der Waals surface area contributed by atoms with E-state index in [0.717, 1.165) is 36.9 Å². The largest absolute Gasteiger partial charge is 0.502 e. The van der Waals surface area contributed by atoms with Gasteiger partial charge in [0.1, 0.15) is 6.67 Å². The molecule has 1 fully saturated rings. The van der Waals surface area contributed by atoms with Gasteiger partial charge < -0.3 is 15.1 Å². The SMILES string of the molecule is O=C1c2c(O)c(=O)ccn2N(C2c3ccccc3CCc3ccccc32)CN1[C@@H]1CCN(CCO)C1. The van der Waals surface area contributed by atoms with Crippen molar-refractivity contribution in [3.05, 3.63) is 99.0 Å². The second kappa shape index (κ2) is 9.11. The molecule has 3 heterocycles. The summed E-state index contributed by atoms with van der Waals surface area (Å²) in [5.41, 5.74) is 4.27. The van der Waals surface area contributed by atoms with Crippen molar-refractivity contribution in [1.82, 2.24) is 14.5 Å². The quantitative estimate of drug-likeness (QED) is 0.585. The maximum Gasteiger partial charge on any atom is 0.278 e. The number of carbonyl (C=O) groups is 1. The van der Waals surface area contributed by atoms with Crippen molar-refractivity contribution >= 4 is 5.91 Å². The number of fused-ring (bicyclic) bond motifs is 3. The summed E-state index contributed by atoms with van der Waals surface area (Å²) in [7, 11) is 0. The van der Waals surface area contributed by atoms with E-state index in [-0.39, 0.29) is 30.3 Å². The van der Waals surface area contributed by atoms with Gasteiger partial charge in [-0.1, -0.05) is 48.5 Å². The van der Waals surface area contributed by atoms with E-state index in [2.05, 4.69) is 46.3 Å². The van der Waals surface area contributed by atoms with Crippen molar-refractivity contribution < 1.29 is 15.0 Å². The number of hydrogen-bond acceptors (Lipinski definition) is 6. The minimum Gasteiger partial charge on any atom is -0.502 e. The van der Waals surface area contributed by atoms with Crippen molar-refractivity contribution in [2.45, 2.75) is 31.3 Å². The summed E-state index contributed by atoms with van der Waals surface area (Å²) in [6, 6.07) is 17.8. The molecule has 1 aliphatic carbocycles. The first-order valence-corrected chi connectivity index (χ1v) is 12.6. The molecule has 0 bridgehead atoms. The van der Waals surface area contributed by atoms with Gasteiger partial charge in [-0.3, -0.25) is 24.2 Å². The first-order chi connectivity index (χ1) is 17.6. The molecule has 1 amide bonds. The van der Waals surface area contributed by atoms with E-state index >= 15 is 0 Å². The van der Waals surface area contributed by atoms with Crippen LogP contribution in [0.4, 0.5) is 0 Å². The number of hydrogen-bond donors (Lipinski definition) is 2. The number of β-amino-alcohol motifs (C(OH)–C–C–N with tert-alkyl or cyclic N) is 1. The Hall–Kier alpha value is -3.62. The van der Waals surface area contributed by atoms with Gasteiger partial charge in [-0.2, -0.15) is 0 Å². The van der Waals surface area contributed by atoms with Crippen LogP contribution in [0, 0.1) is 0 Å². The average molecular weight is 487 g/mol. The molecule has 1 atom stereocenters. The smallest absolute Gasteiger partial charge is 0.278 e. The number of aromatic nitrogens is 1. The van der Waals surface area contributed by atoms with Gasteiger partial charge in [-0.25, -0.2) is 0 Å². The Labute approximate surface area is 209 Å². The number of benzene rings is 2. The highest BCUT2D eigenvalue weighted by atomic mass is 16.3. The summed E-state index contributed by atoms with van der Waals surface area (Å²) in [6.45, 7) is 2.39. The van der Waals surface area contributed by atoms with Crippen LogP contribution in [-0.4, -0.2) is 69.5 Å². The molecule has 2 aromatic carbocycles. The van der Waals surface area contributed by atoms with Crippen molar-refractivity contribution in [2.75, 3.05) is 37.9 Å². The predicted octanol–water partition coefficient (Wildman–Crippen LogP) is 1.86. The monoisotopic (exact) mass is 486 g/mol. The molecule has 2 N–H and O–H groups in total. The molecule has 8 heteroatoms. The fourth-order valence-corrected chi connectivity index (χ4v) is 6.07. The summed E-state index contributed by atoms with van der Waals surface area (Å²) in [6.07, 6.45) is 4.22. The Bertz CT molecular complexity index is 1320. The first kappa shape index (κ1) is 22.8. The second-order valence-corrected chi connectivity index (χ2v) is 9.84. The average Bonchev–Trinajstić information content (AvgIpc) is 3.28. The van der Waals surface area contributed by atoms with Crippen LogP contribution in [0.3, 0.4) is 0 Å². The number of likely N-dealkylation sites (tertiary alicyclic amines) is 1. The van der Waals surface area contributed by atoms with Crippen molar-refractivity contribution in [3.63, 3.8) is 0 Å². The van der Waals surface area contributed by atoms with E-state index in [1.54, 1.807) is 15.8 Å². The Balaban J connectivity index is 1.52. The van der Waals surface area contributed by atoms with Crippen LogP contribution in [0.2, 0.25) is 0 Å². The van der Waals surface area contributed by atoms with Crippen LogP contribution in [0.15, 0.2) is 65.6 Å².